The monoisotopic (exact) mass is 242 g/mol. The molecule has 0 radical (unpaired) electrons. The number of benzene rings is 1. The van der Waals surface area contributed by atoms with Crippen molar-refractivity contribution in [3.63, 3.8) is 0 Å². The van der Waals surface area contributed by atoms with E-state index in [0.717, 1.165) is 13.0 Å². The van der Waals surface area contributed by atoms with Gasteiger partial charge in [0.1, 0.15) is 0 Å². The summed E-state index contributed by atoms with van der Waals surface area (Å²) in [5.74, 6) is 0.599. The van der Waals surface area contributed by atoms with Crippen LogP contribution in [0.1, 0.15) is 36.5 Å². The summed E-state index contributed by atoms with van der Waals surface area (Å²) in [5, 5.41) is 0. The second-order valence-electron chi connectivity index (χ2n) is 5.13. The van der Waals surface area contributed by atoms with Crippen molar-refractivity contribution >= 4 is 0 Å². The van der Waals surface area contributed by atoms with Crippen LogP contribution in [0.4, 0.5) is 0 Å². The Kier molecular flexibility index (Phi) is 4.21. The first kappa shape index (κ1) is 12.9. The van der Waals surface area contributed by atoms with Crippen molar-refractivity contribution in [2.24, 2.45) is 5.73 Å². The topological polar surface area (TPSA) is 30.9 Å². The Balaban J connectivity index is 2.03. The van der Waals surface area contributed by atoms with Gasteiger partial charge < -0.3 is 10.3 Å². The number of rotatable bonds is 5. The molecule has 0 aliphatic heterocycles. The predicted octanol–water partition coefficient (Wildman–Crippen LogP) is 3.16. The first-order chi connectivity index (χ1) is 8.69. The zero-order valence-electron chi connectivity index (χ0n) is 11.3. The lowest BCUT2D eigenvalue weighted by molar-refractivity contribution is 0.797. The molecule has 0 aliphatic carbocycles. The molecule has 2 N–H and O–H groups in total. The second-order valence-corrected chi connectivity index (χ2v) is 5.13. The molecule has 0 spiro atoms. The van der Waals surface area contributed by atoms with E-state index >= 15 is 0 Å². The normalized spacial score (nSPS) is 11.1. The van der Waals surface area contributed by atoms with Crippen LogP contribution in [-0.4, -0.2) is 11.1 Å². The van der Waals surface area contributed by atoms with Crippen LogP contribution in [-0.2, 0) is 13.0 Å². The van der Waals surface area contributed by atoms with E-state index in [1.807, 2.05) is 0 Å². The SMILES string of the molecule is CC(C)c1ccc(Cn2ccc(CCN)c2)cc1. The van der Waals surface area contributed by atoms with Gasteiger partial charge in [0.15, 0.2) is 0 Å². The Morgan fingerprint density at radius 3 is 2.39 bits per heavy atom. The summed E-state index contributed by atoms with van der Waals surface area (Å²) in [5.41, 5.74) is 9.61. The van der Waals surface area contributed by atoms with Gasteiger partial charge in [0.25, 0.3) is 0 Å². The lowest BCUT2D eigenvalue weighted by atomic mass is 10.0. The number of nitrogens with two attached hydrogens (primary N) is 1. The third-order valence-electron chi connectivity index (χ3n) is 3.26. The largest absolute Gasteiger partial charge is 0.350 e. The van der Waals surface area contributed by atoms with Crippen molar-refractivity contribution < 1.29 is 0 Å². The summed E-state index contributed by atoms with van der Waals surface area (Å²) in [6.45, 7) is 6.09. The van der Waals surface area contributed by atoms with E-state index < -0.39 is 0 Å². The molecule has 96 valence electrons. The molecule has 0 saturated heterocycles. The average molecular weight is 242 g/mol. The van der Waals surface area contributed by atoms with Gasteiger partial charge in [-0.2, -0.15) is 0 Å². The van der Waals surface area contributed by atoms with Gasteiger partial charge in [-0.1, -0.05) is 38.1 Å². The Bertz CT molecular complexity index is 480. The van der Waals surface area contributed by atoms with Crippen molar-refractivity contribution in [2.45, 2.75) is 32.7 Å². The van der Waals surface area contributed by atoms with E-state index in [-0.39, 0.29) is 0 Å². The Morgan fingerprint density at radius 2 is 1.78 bits per heavy atom. The summed E-state index contributed by atoms with van der Waals surface area (Å²) in [6, 6.07) is 11.0. The lowest BCUT2D eigenvalue weighted by Gasteiger charge is -2.07. The highest BCUT2D eigenvalue weighted by molar-refractivity contribution is 5.25. The molecule has 0 aliphatic rings. The third kappa shape index (κ3) is 3.23. The molecule has 0 fully saturated rings. The van der Waals surface area contributed by atoms with Gasteiger partial charge in [-0.15, -0.1) is 0 Å². The average Bonchev–Trinajstić information content (AvgIpc) is 2.78. The van der Waals surface area contributed by atoms with Crippen LogP contribution in [0.25, 0.3) is 0 Å². The molecule has 0 amide bonds. The Hall–Kier alpha value is -1.54. The summed E-state index contributed by atoms with van der Waals surface area (Å²) in [7, 11) is 0. The highest BCUT2D eigenvalue weighted by Gasteiger charge is 2.00. The lowest BCUT2D eigenvalue weighted by Crippen LogP contribution is -2.02. The van der Waals surface area contributed by atoms with Gasteiger partial charge in [0, 0.05) is 18.9 Å². The molecular formula is C16H22N2. The zero-order valence-corrected chi connectivity index (χ0v) is 11.3. The zero-order chi connectivity index (χ0) is 13.0. The molecule has 1 aromatic heterocycles. The van der Waals surface area contributed by atoms with E-state index in [4.69, 9.17) is 5.73 Å². The van der Waals surface area contributed by atoms with Crippen molar-refractivity contribution in [1.29, 1.82) is 0 Å². The fourth-order valence-corrected chi connectivity index (χ4v) is 2.12. The summed E-state index contributed by atoms with van der Waals surface area (Å²) in [6.07, 6.45) is 5.27. The molecule has 0 unspecified atom stereocenters. The maximum absolute atomic E-state index is 5.56. The molecule has 0 bridgehead atoms. The standard InChI is InChI=1S/C16H22N2/c1-13(2)16-5-3-14(4-6-16)11-18-10-8-15(12-18)7-9-17/h3-6,8,10,12-13H,7,9,11,17H2,1-2H3. The van der Waals surface area contributed by atoms with Gasteiger partial charge >= 0.3 is 0 Å². The minimum absolute atomic E-state index is 0.599. The van der Waals surface area contributed by atoms with Crippen molar-refractivity contribution in [2.75, 3.05) is 6.54 Å². The fraction of sp³-hybridized carbons (Fsp3) is 0.375. The maximum Gasteiger partial charge on any atom is 0.0470 e. The molecule has 0 saturated carbocycles. The van der Waals surface area contributed by atoms with E-state index in [1.165, 1.54) is 16.7 Å². The van der Waals surface area contributed by atoms with Crippen molar-refractivity contribution in [3.05, 3.63) is 59.4 Å². The molecule has 1 aromatic carbocycles. The molecule has 2 rings (SSSR count). The van der Waals surface area contributed by atoms with Gasteiger partial charge in [0.05, 0.1) is 0 Å². The molecule has 18 heavy (non-hydrogen) atoms. The van der Waals surface area contributed by atoms with Crippen LogP contribution in [0.5, 0.6) is 0 Å². The number of aromatic nitrogens is 1. The number of hydrogen-bond acceptors (Lipinski definition) is 1. The van der Waals surface area contributed by atoms with Gasteiger partial charge in [-0.3, -0.25) is 0 Å². The number of hydrogen-bond donors (Lipinski definition) is 1. The van der Waals surface area contributed by atoms with Crippen LogP contribution in [0, 0.1) is 0 Å². The minimum atomic E-state index is 0.599. The quantitative estimate of drug-likeness (QED) is 0.858. The van der Waals surface area contributed by atoms with Crippen LogP contribution in [0.15, 0.2) is 42.7 Å². The Morgan fingerprint density at radius 1 is 1.06 bits per heavy atom. The van der Waals surface area contributed by atoms with E-state index in [9.17, 15) is 0 Å². The molecule has 2 nitrogen and oxygen atoms in total. The predicted molar refractivity (Wildman–Crippen MR) is 76.8 cm³/mol. The highest BCUT2D eigenvalue weighted by atomic mass is 14.9. The molecular weight excluding hydrogens is 220 g/mol. The first-order valence-electron chi connectivity index (χ1n) is 6.62. The van der Waals surface area contributed by atoms with Crippen molar-refractivity contribution in [1.82, 2.24) is 4.57 Å². The highest BCUT2D eigenvalue weighted by Crippen LogP contribution is 2.15. The molecule has 0 atom stereocenters. The van der Waals surface area contributed by atoms with E-state index in [1.54, 1.807) is 0 Å². The summed E-state index contributed by atoms with van der Waals surface area (Å²) >= 11 is 0. The summed E-state index contributed by atoms with van der Waals surface area (Å²) < 4.78 is 2.22. The number of nitrogens with zero attached hydrogens (tertiary/aromatic N) is 1. The van der Waals surface area contributed by atoms with E-state index in [0.29, 0.717) is 12.5 Å². The fourth-order valence-electron chi connectivity index (χ4n) is 2.12. The van der Waals surface area contributed by atoms with Crippen LogP contribution >= 0.6 is 0 Å². The van der Waals surface area contributed by atoms with Crippen LogP contribution in [0.2, 0.25) is 0 Å². The smallest absolute Gasteiger partial charge is 0.0470 e. The third-order valence-corrected chi connectivity index (χ3v) is 3.26. The Labute approximate surface area is 109 Å². The second kappa shape index (κ2) is 5.87. The molecule has 2 aromatic rings. The minimum Gasteiger partial charge on any atom is -0.350 e. The van der Waals surface area contributed by atoms with Crippen LogP contribution in [0.3, 0.4) is 0 Å². The maximum atomic E-state index is 5.56. The van der Waals surface area contributed by atoms with Crippen LogP contribution < -0.4 is 5.73 Å². The van der Waals surface area contributed by atoms with Gasteiger partial charge in [-0.25, -0.2) is 0 Å². The summed E-state index contributed by atoms with van der Waals surface area (Å²) in [4.78, 5) is 0. The van der Waals surface area contributed by atoms with Gasteiger partial charge in [-0.05, 0) is 41.6 Å². The molecule has 2 heteroatoms. The molecule has 1 heterocycles. The first-order valence-corrected chi connectivity index (χ1v) is 6.62. The van der Waals surface area contributed by atoms with Crippen molar-refractivity contribution in [3.8, 4) is 0 Å². The van der Waals surface area contributed by atoms with E-state index in [2.05, 4.69) is 61.1 Å². The van der Waals surface area contributed by atoms with Gasteiger partial charge in [0.2, 0.25) is 0 Å².